The Balaban J connectivity index is 2.14. The van der Waals surface area contributed by atoms with Crippen LogP contribution in [0.5, 0.6) is 17.2 Å². The van der Waals surface area contributed by atoms with Crippen molar-refractivity contribution >= 4 is 17.3 Å². The van der Waals surface area contributed by atoms with Crippen LogP contribution in [0.2, 0.25) is 0 Å². The van der Waals surface area contributed by atoms with Gasteiger partial charge in [0.25, 0.3) is 0 Å². The second kappa shape index (κ2) is 10.3. The van der Waals surface area contributed by atoms with Crippen LogP contribution in [0, 0.1) is 0 Å². The number of hydrogen-bond donors (Lipinski definition) is 1. The highest BCUT2D eigenvalue weighted by Crippen LogP contribution is 2.28. The predicted octanol–water partition coefficient (Wildman–Crippen LogP) is 4.68. The standard InChI is InChI=1S/C26H24O6/c1-30-20-10-4-17(5-11-20)16-23(25(27)19-8-14-22(32-3)15-9-19)24(26(28)29)18-6-12-21(31-2)13-7-18/h4-15H,16H2,1-3H3,(H,28,29)/b24-23-. The maximum atomic E-state index is 13.5. The summed E-state index contributed by atoms with van der Waals surface area (Å²) < 4.78 is 15.5. The Bertz CT molecular complexity index is 1110. The third-order valence-corrected chi connectivity index (χ3v) is 5.06. The lowest BCUT2D eigenvalue weighted by atomic mass is 9.89. The van der Waals surface area contributed by atoms with Crippen molar-refractivity contribution in [2.24, 2.45) is 0 Å². The molecule has 0 aromatic heterocycles. The van der Waals surface area contributed by atoms with Crippen molar-refractivity contribution in [2.75, 3.05) is 21.3 Å². The zero-order chi connectivity index (χ0) is 23.1. The summed E-state index contributed by atoms with van der Waals surface area (Å²) in [6, 6.07) is 20.4. The lowest BCUT2D eigenvalue weighted by molar-refractivity contribution is -0.130. The first-order chi connectivity index (χ1) is 15.5. The van der Waals surface area contributed by atoms with E-state index in [0.29, 0.717) is 28.4 Å². The Morgan fingerprint density at radius 2 is 1.06 bits per heavy atom. The van der Waals surface area contributed by atoms with Crippen LogP contribution >= 0.6 is 0 Å². The van der Waals surface area contributed by atoms with Crippen LogP contribution in [-0.2, 0) is 11.2 Å². The van der Waals surface area contributed by atoms with Gasteiger partial charge in [-0.1, -0.05) is 24.3 Å². The zero-order valence-corrected chi connectivity index (χ0v) is 18.1. The molecule has 0 saturated carbocycles. The molecule has 0 unspecified atom stereocenters. The van der Waals surface area contributed by atoms with Crippen molar-refractivity contribution in [3.8, 4) is 17.2 Å². The van der Waals surface area contributed by atoms with E-state index in [1.165, 1.54) is 14.2 Å². The van der Waals surface area contributed by atoms with E-state index in [-0.39, 0.29) is 23.4 Å². The minimum atomic E-state index is -1.18. The number of carboxylic acid groups (broad SMARTS) is 1. The predicted molar refractivity (Wildman–Crippen MR) is 122 cm³/mol. The van der Waals surface area contributed by atoms with Crippen LogP contribution in [0.4, 0.5) is 0 Å². The number of benzene rings is 3. The average Bonchev–Trinajstić information content (AvgIpc) is 2.84. The van der Waals surface area contributed by atoms with E-state index in [9.17, 15) is 14.7 Å². The van der Waals surface area contributed by atoms with Gasteiger partial charge in [-0.15, -0.1) is 0 Å². The first kappa shape index (κ1) is 22.6. The average molecular weight is 432 g/mol. The minimum absolute atomic E-state index is 0.0516. The molecule has 1 N–H and O–H groups in total. The highest BCUT2D eigenvalue weighted by molar-refractivity contribution is 6.26. The number of rotatable bonds is 9. The van der Waals surface area contributed by atoms with Crippen LogP contribution in [-0.4, -0.2) is 38.2 Å². The quantitative estimate of drug-likeness (QED) is 0.391. The van der Waals surface area contributed by atoms with Crippen molar-refractivity contribution in [2.45, 2.75) is 6.42 Å². The number of ether oxygens (including phenoxy) is 3. The lowest BCUT2D eigenvalue weighted by Crippen LogP contribution is -2.14. The van der Waals surface area contributed by atoms with E-state index in [2.05, 4.69) is 0 Å². The molecule has 6 nitrogen and oxygen atoms in total. The van der Waals surface area contributed by atoms with Gasteiger partial charge in [0, 0.05) is 17.6 Å². The van der Waals surface area contributed by atoms with E-state index >= 15 is 0 Å². The van der Waals surface area contributed by atoms with Gasteiger partial charge in [0.15, 0.2) is 5.78 Å². The number of carbonyl (C=O) groups excluding carboxylic acids is 1. The fourth-order valence-electron chi connectivity index (χ4n) is 3.33. The van der Waals surface area contributed by atoms with Crippen LogP contribution in [0.3, 0.4) is 0 Å². The molecule has 6 heteroatoms. The number of Topliss-reactive ketones (excluding diaryl/α,β-unsaturated/α-hetero) is 1. The largest absolute Gasteiger partial charge is 0.497 e. The number of allylic oxidation sites excluding steroid dienone is 1. The molecule has 0 amide bonds. The monoisotopic (exact) mass is 432 g/mol. The Kier molecular flexibility index (Phi) is 7.29. The van der Waals surface area contributed by atoms with Gasteiger partial charge in [0.1, 0.15) is 17.2 Å². The van der Waals surface area contributed by atoms with Crippen LogP contribution in [0.25, 0.3) is 5.57 Å². The molecule has 0 aliphatic rings. The van der Waals surface area contributed by atoms with Crippen molar-refractivity contribution in [3.63, 3.8) is 0 Å². The summed E-state index contributed by atoms with van der Waals surface area (Å²) in [6.07, 6.45) is 0.141. The molecule has 0 spiro atoms. The van der Waals surface area contributed by atoms with Gasteiger partial charge in [0.05, 0.1) is 26.9 Å². The van der Waals surface area contributed by atoms with E-state index in [1.54, 1.807) is 67.8 Å². The molecular formula is C26H24O6. The first-order valence-electron chi connectivity index (χ1n) is 9.89. The van der Waals surface area contributed by atoms with Crippen LogP contribution < -0.4 is 14.2 Å². The molecule has 0 radical (unpaired) electrons. The fourth-order valence-corrected chi connectivity index (χ4v) is 3.33. The van der Waals surface area contributed by atoms with Gasteiger partial charge in [-0.2, -0.15) is 0 Å². The number of aliphatic carboxylic acids is 1. The molecule has 0 aliphatic carbocycles. The van der Waals surface area contributed by atoms with Gasteiger partial charge >= 0.3 is 5.97 Å². The third-order valence-electron chi connectivity index (χ3n) is 5.06. The number of carboxylic acids is 1. The van der Waals surface area contributed by atoms with E-state index < -0.39 is 5.97 Å². The SMILES string of the molecule is COc1ccc(C/C(C(=O)c2ccc(OC)cc2)=C(/C(=O)O)c2ccc(OC)cc2)cc1. The van der Waals surface area contributed by atoms with Crippen molar-refractivity contribution in [3.05, 3.63) is 95.1 Å². The Morgan fingerprint density at radius 3 is 1.47 bits per heavy atom. The van der Waals surface area contributed by atoms with E-state index in [1.807, 2.05) is 12.1 Å². The molecule has 0 aliphatic heterocycles. The second-order valence-electron chi connectivity index (χ2n) is 6.97. The topological polar surface area (TPSA) is 82.1 Å². The summed E-state index contributed by atoms with van der Waals surface area (Å²) in [5, 5.41) is 10.1. The van der Waals surface area contributed by atoms with Gasteiger partial charge in [-0.05, 0) is 59.7 Å². The molecule has 32 heavy (non-hydrogen) atoms. The Morgan fingerprint density at radius 1 is 0.656 bits per heavy atom. The summed E-state index contributed by atoms with van der Waals surface area (Å²) in [5.41, 5.74) is 1.71. The maximum Gasteiger partial charge on any atom is 0.336 e. The highest BCUT2D eigenvalue weighted by atomic mass is 16.5. The molecule has 0 saturated heterocycles. The number of methoxy groups -OCH3 is 3. The fraction of sp³-hybridized carbons (Fsp3) is 0.154. The van der Waals surface area contributed by atoms with Crippen molar-refractivity contribution in [1.29, 1.82) is 0 Å². The van der Waals surface area contributed by atoms with Gasteiger partial charge in [-0.3, -0.25) is 4.79 Å². The van der Waals surface area contributed by atoms with E-state index in [0.717, 1.165) is 5.56 Å². The second-order valence-corrected chi connectivity index (χ2v) is 6.97. The summed E-state index contributed by atoms with van der Waals surface area (Å²) in [4.78, 5) is 25.8. The smallest absolute Gasteiger partial charge is 0.336 e. The normalized spacial score (nSPS) is 11.3. The molecule has 0 fully saturated rings. The molecule has 3 aromatic carbocycles. The first-order valence-corrected chi connectivity index (χ1v) is 9.89. The lowest BCUT2D eigenvalue weighted by Gasteiger charge is -2.14. The van der Waals surface area contributed by atoms with E-state index in [4.69, 9.17) is 14.2 Å². The highest BCUT2D eigenvalue weighted by Gasteiger charge is 2.24. The molecule has 164 valence electrons. The van der Waals surface area contributed by atoms with Crippen LogP contribution in [0.1, 0.15) is 21.5 Å². The van der Waals surface area contributed by atoms with Crippen molar-refractivity contribution in [1.82, 2.24) is 0 Å². The number of hydrogen-bond acceptors (Lipinski definition) is 5. The maximum absolute atomic E-state index is 13.5. The molecule has 0 atom stereocenters. The zero-order valence-electron chi connectivity index (χ0n) is 18.1. The van der Waals surface area contributed by atoms with Crippen LogP contribution in [0.15, 0.2) is 78.4 Å². The number of ketones is 1. The summed E-state index contributed by atoms with van der Waals surface area (Å²) in [7, 11) is 4.64. The van der Waals surface area contributed by atoms with Gasteiger partial charge < -0.3 is 19.3 Å². The van der Waals surface area contributed by atoms with Crippen molar-refractivity contribution < 1.29 is 28.9 Å². The van der Waals surface area contributed by atoms with Gasteiger partial charge in [-0.25, -0.2) is 4.79 Å². The molecule has 3 aromatic rings. The Hall–Kier alpha value is -4.06. The van der Waals surface area contributed by atoms with Gasteiger partial charge in [0.2, 0.25) is 0 Å². The molecule has 0 bridgehead atoms. The minimum Gasteiger partial charge on any atom is -0.497 e. The molecule has 0 heterocycles. The summed E-state index contributed by atoms with van der Waals surface area (Å²) in [5.74, 6) is 0.333. The molecular weight excluding hydrogens is 408 g/mol. The summed E-state index contributed by atoms with van der Waals surface area (Å²) >= 11 is 0. The third kappa shape index (κ3) is 5.16. The number of carbonyl (C=O) groups is 2. The molecule has 3 rings (SSSR count). The Labute approximate surface area is 186 Å². The summed E-state index contributed by atoms with van der Waals surface area (Å²) in [6.45, 7) is 0.